The summed E-state index contributed by atoms with van der Waals surface area (Å²) < 4.78 is 12.2. The topological polar surface area (TPSA) is 63.2 Å². The second-order valence-electron chi connectivity index (χ2n) is 6.85. The van der Waals surface area contributed by atoms with Crippen molar-refractivity contribution in [1.29, 1.82) is 0 Å². The molecule has 0 fully saturated rings. The van der Waals surface area contributed by atoms with Crippen LogP contribution in [-0.2, 0) is 9.72 Å². The maximum absolute atomic E-state index is 12.2. The van der Waals surface area contributed by atoms with Crippen molar-refractivity contribution < 1.29 is 14.4 Å². The van der Waals surface area contributed by atoms with Crippen LogP contribution in [0.2, 0.25) is 0 Å². The lowest BCUT2D eigenvalue weighted by atomic mass is 9.88. The van der Waals surface area contributed by atoms with Crippen LogP contribution in [0.5, 0.6) is 0 Å². The molecule has 26 heavy (non-hydrogen) atoms. The number of hydrogen-bond acceptors (Lipinski definition) is 3. The van der Waals surface area contributed by atoms with Crippen LogP contribution in [0.1, 0.15) is 37.8 Å². The molecule has 0 amide bonds. The highest BCUT2D eigenvalue weighted by Gasteiger charge is 2.33. The molecule has 0 aliphatic heterocycles. The van der Waals surface area contributed by atoms with Gasteiger partial charge in [0.25, 0.3) is 0 Å². The van der Waals surface area contributed by atoms with Gasteiger partial charge in [-0.05, 0) is 47.2 Å². The molecule has 0 bridgehead atoms. The first-order valence-electron chi connectivity index (χ1n) is 8.95. The fourth-order valence-corrected chi connectivity index (χ4v) is 5.11. The zero-order valence-corrected chi connectivity index (χ0v) is 16.3. The second-order valence-corrected chi connectivity index (χ2v) is 8.70. The van der Waals surface area contributed by atoms with E-state index in [0.29, 0.717) is 5.56 Å². The third-order valence-electron chi connectivity index (χ3n) is 5.41. The average Bonchev–Trinajstić information content (AvgIpc) is 2.61. The molecular weight excluding hydrogens is 343 g/mol. The summed E-state index contributed by atoms with van der Waals surface area (Å²) in [6.45, 7) is 5.48. The summed E-state index contributed by atoms with van der Waals surface area (Å²) in [4.78, 5) is 24.3. The Morgan fingerprint density at radius 1 is 0.923 bits per heavy atom. The van der Waals surface area contributed by atoms with Gasteiger partial charge in [0.1, 0.15) is 0 Å². The molecule has 3 aromatic carbocycles. The molecule has 0 atom stereocenters. The molecule has 0 N–H and O–H groups in total. The third kappa shape index (κ3) is 3.12. The van der Waals surface area contributed by atoms with Crippen molar-refractivity contribution in [3.8, 4) is 11.1 Å². The van der Waals surface area contributed by atoms with Crippen LogP contribution in [0, 0.1) is 6.92 Å². The minimum Gasteiger partial charge on any atom is -0.810 e. The maximum atomic E-state index is 12.2. The van der Waals surface area contributed by atoms with Crippen molar-refractivity contribution in [2.75, 3.05) is 0 Å². The predicted molar refractivity (Wildman–Crippen MR) is 104 cm³/mol. The summed E-state index contributed by atoms with van der Waals surface area (Å²) >= 11 is 0. The van der Waals surface area contributed by atoms with Gasteiger partial charge in [0.15, 0.2) is 0 Å². The Hall–Kier alpha value is -1.93. The largest absolute Gasteiger partial charge is 0.810 e. The summed E-state index contributed by atoms with van der Waals surface area (Å²) in [7, 11) is -4.81. The van der Waals surface area contributed by atoms with Gasteiger partial charge in [0.2, 0.25) is 0 Å². The molecule has 0 aliphatic carbocycles. The minimum absolute atomic E-state index is 0.270. The molecule has 0 saturated carbocycles. The highest BCUT2D eigenvalue weighted by Crippen LogP contribution is 2.55. The van der Waals surface area contributed by atoms with Gasteiger partial charge in [-0.15, -0.1) is 0 Å². The van der Waals surface area contributed by atoms with E-state index in [1.165, 1.54) is 0 Å². The number of benzene rings is 3. The van der Waals surface area contributed by atoms with Crippen LogP contribution in [0.25, 0.3) is 21.9 Å². The van der Waals surface area contributed by atoms with Crippen molar-refractivity contribution in [2.45, 2.75) is 38.8 Å². The molecule has 0 unspecified atom stereocenters. The average molecular weight is 366 g/mol. The maximum Gasteiger partial charge on any atom is 0.0224 e. The molecule has 3 nitrogen and oxygen atoms in total. The van der Waals surface area contributed by atoms with Crippen LogP contribution < -0.4 is 9.79 Å². The Bertz CT molecular complexity index is 978. The fourth-order valence-electron chi connectivity index (χ4n) is 3.89. The number of rotatable bonds is 5. The van der Waals surface area contributed by atoms with Gasteiger partial charge in [0.05, 0.1) is 0 Å². The Balaban J connectivity index is 2.28. The van der Waals surface area contributed by atoms with Crippen molar-refractivity contribution >= 4 is 18.4 Å². The molecule has 3 aromatic rings. The summed E-state index contributed by atoms with van der Waals surface area (Å²) in [5.41, 5.74) is 3.53. The van der Waals surface area contributed by atoms with E-state index in [0.717, 1.165) is 27.5 Å². The van der Waals surface area contributed by atoms with Crippen LogP contribution in [-0.4, -0.2) is 0 Å². The molecule has 3 rings (SSSR count). The molecular formula is C22H23O3P-2. The highest BCUT2D eigenvalue weighted by molar-refractivity contribution is 7.50. The first-order chi connectivity index (χ1) is 12.3. The van der Waals surface area contributed by atoms with Gasteiger partial charge in [-0.25, -0.2) is 0 Å². The van der Waals surface area contributed by atoms with E-state index in [-0.39, 0.29) is 12.8 Å². The highest BCUT2D eigenvalue weighted by atomic mass is 31.2. The van der Waals surface area contributed by atoms with Crippen LogP contribution in [0.3, 0.4) is 0 Å². The SMILES string of the molecule is CCC(CC)(c1cc(C)cc(-c2cccc3ccccc23)c1)P(=O)([O-])[O-]. The standard InChI is InChI=1S/C22H25O3P/c1-4-22(5-2,26(23,24)25)19-14-16(3)13-18(15-19)21-12-8-10-17-9-6-7-11-20(17)21/h6-15H,4-5H2,1-3H3,(H2,23,24,25)/p-2. The van der Waals surface area contributed by atoms with Crippen molar-refractivity contribution in [2.24, 2.45) is 0 Å². The molecule has 0 aliphatic rings. The molecule has 0 aromatic heterocycles. The first-order valence-corrected chi connectivity index (χ1v) is 10.5. The predicted octanol–water partition coefficient (Wildman–Crippen LogP) is 4.74. The molecule has 0 heterocycles. The zero-order chi connectivity index (χ0) is 18.9. The van der Waals surface area contributed by atoms with Gasteiger partial charge in [-0.1, -0.05) is 87.7 Å². The number of hydrogen-bond donors (Lipinski definition) is 0. The molecule has 0 saturated heterocycles. The van der Waals surface area contributed by atoms with Crippen molar-refractivity contribution in [1.82, 2.24) is 0 Å². The Kier molecular flexibility index (Phi) is 5.07. The second kappa shape index (κ2) is 7.00. The summed E-state index contributed by atoms with van der Waals surface area (Å²) in [6.07, 6.45) is 0.540. The monoisotopic (exact) mass is 366 g/mol. The molecule has 136 valence electrons. The van der Waals surface area contributed by atoms with Gasteiger partial charge in [-0.3, -0.25) is 0 Å². The van der Waals surface area contributed by atoms with E-state index in [4.69, 9.17) is 0 Å². The van der Waals surface area contributed by atoms with E-state index in [1.54, 1.807) is 13.8 Å². The van der Waals surface area contributed by atoms with Crippen molar-refractivity contribution in [3.05, 3.63) is 71.8 Å². The van der Waals surface area contributed by atoms with Gasteiger partial charge < -0.3 is 14.4 Å². The van der Waals surface area contributed by atoms with E-state index in [2.05, 4.69) is 18.2 Å². The normalized spacial score (nSPS) is 12.5. The van der Waals surface area contributed by atoms with E-state index in [9.17, 15) is 14.4 Å². The molecule has 0 radical (unpaired) electrons. The van der Waals surface area contributed by atoms with Gasteiger partial charge >= 0.3 is 0 Å². The smallest absolute Gasteiger partial charge is 0.0224 e. The Labute approximate surface area is 154 Å². The van der Waals surface area contributed by atoms with Gasteiger partial charge in [0, 0.05) is 5.16 Å². The third-order valence-corrected chi connectivity index (χ3v) is 7.35. The van der Waals surface area contributed by atoms with Crippen LogP contribution in [0.4, 0.5) is 0 Å². The van der Waals surface area contributed by atoms with Crippen molar-refractivity contribution in [3.63, 3.8) is 0 Å². The first kappa shape index (κ1) is 18.8. The van der Waals surface area contributed by atoms with E-state index in [1.807, 2.05) is 49.4 Å². The fraction of sp³-hybridized carbons (Fsp3) is 0.273. The lowest BCUT2D eigenvalue weighted by Gasteiger charge is -2.49. The van der Waals surface area contributed by atoms with Crippen LogP contribution in [0.15, 0.2) is 60.7 Å². The van der Waals surface area contributed by atoms with Crippen LogP contribution >= 0.6 is 7.60 Å². The molecule has 4 heteroatoms. The summed E-state index contributed by atoms with van der Waals surface area (Å²) in [5.74, 6) is 0. The lowest BCUT2D eigenvalue weighted by Crippen LogP contribution is -2.36. The minimum atomic E-state index is -4.81. The molecule has 0 spiro atoms. The van der Waals surface area contributed by atoms with E-state index >= 15 is 0 Å². The summed E-state index contributed by atoms with van der Waals surface area (Å²) in [5, 5.41) is 0.874. The van der Waals surface area contributed by atoms with E-state index < -0.39 is 12.8 Å². The quantitative estimate of drug-likeness (QED) is 0.613. The number of aryl methyl sites for hydroxylation is 1. The Morgan fingerprint density at radius 3 is 2.23 bits per heavy atom. The lowest BCUT2D eigenvalue weighted by molar-refractivity contribution is -0.322. The Morgan fingerprint density at radius 2 is 1.58 bits per heavy atom. The zero-order valence-electron chi connectivity index (χ0n) is 15.4. The number of fused-ring (bicyclic) bond motifs is 1. The summed E-state index contributed by atoms with van der Waals surface area (Å²) in [6, 6.07) is 20.0. The van der Waals surface area contributed by atoms with Gasteiger partial charge in [-0.2, -0.15) is 0 Å².